The van der Waals surface area contributed by atoms with Gasteiger partial charge in [-0.05, 0) is 35.9 Å². The Morgan fingerprint density at radius 1 is 0.960 bits per heavy atom. The minimum atomic E-state index is -3.22. The third-order valence-corrected chi connectivity index (χ3v) is 5.07. The first kappa shape index (κ1) is 15.6. The summed E-state index contributed by atoms with van der Waals surface area (Å²) in [7, 11) is -3.22. The number of rotatable bonds is 3. The SMILES string of the molecule is Cc1nnc(-c2ccc3occ(-c4ccc(S(C)(=O)=O)cc4)c3c2)o1. The van der Waals surface area contributed by atoms with E-state index in [9.17, 15) is 8.42 Å². The number of nitrogens with zero attached hydrogens (tertiary/aromatic N) is 2. The van der Waals surface area contributed by atoms with Gasteiger partial charge >= 0.3 is 0 Å². The summed E-state index contributed by atoms with van der Waals surface area (Å²) in [5, 5.41) is 8.77. The normalized spacial score (nSPS) is 11.9. The molecule has 0 radical (unpaired) electrons. The fourth-order valence-electron chi connectivity index (χ4n) is 2.68. The van der Waals surface area contributed by atoms with E-state index < -0.39 is 9.84 Å². The summed E-state index contributed by atoms with van der Waals surface area (Å²) in [5.41, 5.74) is 3.25. The summed E-state index contributed by atoms with van der Waals surface area (Å²) in [6.07, 6.45) is 2.84. The van der Waals surface area contributed by atoms with Gasteiger partial charge in [-0.3, -0.25) is 0 Å². The van der Waals surface area contributed by atoms with Crippen molar-refractivity contribution in [3.63, 3.8) is 0 Å². The summed E-state index contributed by atoms with van der Waals surface area (Å²) < 4.78 is 34.3. The van der Waals surface area contributed by atoms with Gasteiger partial charge in [-0.2, -0.15) is 0 Å². The van der Waals surface area contributed by atoms with Gasteiger partial charge in [0.1, 0.15) is 5.58 Å². The van der Waals surface area contributed by atoms with Gasteiger partial charge < -0.3 is 8.83 Å². The number of aryl methyl sites for hydroxylation is 1. The van der Waals surface area contributed by atoms with Crippen molar-refractivity contribution in [1.82, 2.24) is 10.2 Å². The van der Waals surface area contributed by atoms with E-state index in [1.54, 1.807) is 37.5 Å². The molecule has 0 amide bonds. The van der Waals surface area contributed by atoms with Crippen LogP contribution in [-0.2, 0) is 9.84 Å². The fourth-order valence-corrected chi connectivity index (χ4v) is 3.31. The Balaban J connectivity index is 1.82. The Morgan fingerprint density at radius 3 is 2.32 bits per heavy atom. The second-order valence-corrected chi connectivity index (χ2v) is 7.80. The van der Waals surface area contributed by atoms with E-state index in [0.29, 0.717) is 11.8 Å². The predicted molar refractivity (Wildman–Crippen MR) is 92.8 cm³/mol. The zero-order valence-corrected chi connectivity index (χ0v) is 14.4. The molecule has 6 nitrogen and oxygen atoms in total. The van der Waals surface area contributed by atoms with Gasteiger partial charge in [-0.25, -0.2) is 8.42 Å². The van der Waals surface area contributed by atoms with Crippen molar-refractivity contribution in [2.75, 3.05) is 6.26 Å². The lowest BCUT2D eigenvalue weighted by molar-refractivity contribution is 0.533. The lowest BCUT2D eigenvalue weighted by Gasteiger charge is -2.02. The number of benzene rings is 2. The molecule has 0 fully saturated rings. The van der Waals surface area contributed by atoms with Gasteiger partial charge in [-0.1, -0.05) is 12.1 Å². The van der Waals surface area contributed by atoms with Crippen LogP contribution in [-0.4, -0.2) is 24.9 Å². The number of furan rings is 1. The molecule has 0 aliphatic carbocycles. The van der Waals surface area contributed by atoms with Crippen LogP contribution in [0.1, 0.15) is 5.89 Å². The lowest BCUT2D eigenvalue weighted by atomic mass is 10.0. The van der Waals surface area contributed by atoms with Gasteiger partial charge in [0, 0.05) is 29.7 Å². The van der Waals surface area contributed by atoms with E-state index in [0.717, 1.165) is 27.7 Å². The topological polar surface area (TPSA) is 86.2 Å². The van der Waals surface area contributed by atoms with E-state index in [1.807, 2.05) is 18.2 Å². The van der Waals surface area contributed by atoms with Crippen molar-refractivity contribution in [2.24, 2.45) is 0 Å². The minimum absolute atomic E-state index is 0.283. The van der Waals surface area contributed by atoms with Crippen LogP contribution in [0.3, 0.4) is 0 Å². The maximum atomic E-state index is 11.6. The fraction of sp³-hybridized carbons (Fsp3) is 0.111. The molecule has 2 heterocycles. The Kier molecular flexibility index (Phi) is 3.47. The summed E-state index contributed by atoms with van der Waals surface area (Å²) in [6.45, 7) is 1.74. The highest BCUT2D eigenvalue weighted by atomic mass is 32.2. The van der Waals surface area contributed by atoms with Crippen LogP contribution in [0.15, 0.2) is 62.5 Å². The second-order valence-electron chi connectivity index (χ2n) is 5.78. The molecular formula is C18H14N2O4S. The number of hydrogen-bond donors (Lipinski definition) is 0. The lowest BCUT2D eigenvalue weighted by Crippen LogP contribution is -1.96. The van der Waals surface area contributed by atoms with Crippen LogP contribution in [0, 0.1) is 6.92 Å². The van der Waals surface area contributed by atoms with Crippen molar-refractivity contribution in [3.8, 4) is 22.6 Å². The third-order valence-electron chi connectivity index (χ3n) is 3.94. The van der Waals surface area contributed by atoms with Crippen LogP contribution in [0.25, 0.3) is 33.6 Å². The van der Waals surface area contributed by atoms with Gasteiger partial charge in [0.25, 0.3) is 0 Å². The highest BCUT2D eigenvalue weighted by molar-refractivity contribution is 7.90. The monoisotopic (exact) mass is 354 g/mol. The number of hydrogen-bond acceptors (Lipinski definition) is 6. The smallest absolute Gasteiger partial charge is 0.247 e. The van der Waals surface area contributed by atoms with E-state index >= 15 is 0 Å². The molecule has 126 valence electrons. The third kappa shape index (κ3) is 2.83. The van der Waals surface area contributed by atoms with E-state index in [4.69, 9.17) is 8.83 Å². The molecule has 0 bridgehead atoms. The van der Waals surface area contributed by atoms with Gasteiger partial charge in [0.15, 0.2) is 9.84 Å². The van der Waals surface area contributed by atoms with E-state index in [-0.39, 0.29) is 4.90 Å². The Bertz CT molecular complexity index is 1170. The van der Waals surface area contributed by atoms with Crippen LogP contribution in [0.2, 0.25) is 0 Å². The molecule has 0 saturated carbocycles. The van der Waals surface area contributed by atoms with Gasteiger partial charge in [0.05, 0.1) is 11.2 Å². The van der Waals surface area contributed by atoms with Gasteiger partial charge in [0.2, 0.25) is 11.8 Å². The molecule has 4 rings (SSSR count). The van der Waals surface area contributed by atoms with Crippen LogP contribution >= 0.6 is 0 Å². The quantitative estimate of drug-likeness (QED) is 0.555. The van der Waals surface area contributed by atoms with Gasteiger partial charge in [-0.15, -0.1) is 10.2 Å². The molecular weight excluding hydrogens is 340 g/mol. The second kappa shape index (κ2) is 5.56. The first-order chi connectivity index (χ1) is 11.9. The average molecular weight is 354 g/mol. The van der Waals surface area contributed by atoms with E-state index in [2.05, 4.69) is 10.2 Å². The summed E-state index contributed by atoms with van der Waals surface area (Å²) in [5.74, 6) is 0.942. The maximum absolute atomic E-state index is 11.6. The molecule has 0 saturated heterocycles. The number of fused-ring (bicyclic) bond motifs is 1. The molecule has 0 unspecified atom stereocenters. The highest BCUT2D eigenvalue weighted by Crippen LogP contribution is 2.33. The van der Waals surface area contributed by atoms with Crippen molar-refractivity contribution >= 4 is 20.8 Å². The molecule has 0 N–H and O–H groups in total. The molecule has 2 aromatic carbocycles. The maximum Gasteiger partial charge on any atom is 0.247 e. The standard InChI is InChI=1S/C18H14N2O4S/c1-11-19-20-18(24-11)13-5-8-17-15(9-13)16(10-23-17)12-3-6-14(7-4-12)25(2,21)22/h3-10H,1-2H3. The average Bonchev–Trinajstić information content (AvgIpc) is 3.19. The largest absolute Gasteiger partial charge is 0.464 e. The summed E-state index contributed by atoms with van der Waals surface area (Å²) in [4.78, 5) is 0.283. The molecule has 0 aliphatic heterocycles. The molecule has 4 aromatic rings. The molecule has 25 heavy (non-hydrogen) atoms. The Morgan fingerprint density at radius 2 is 1.68 bits per heavy atom. The zero-order chi connectivity index (χ0) is 17.6. The summed E-state index contributed by atoms with van der Waals surface area (Å²) in [6, 6.07) is 12.3. The molecule has 2 aromatic heterocycles. The van der Waals surface area contributed by atoms with Crippen LogP contribution < -0.4 is 0 Å². The highest BCUT2D eigenvalue weighted by Gasteiger charge is 2.13. The molecule has 0 aliphatic rings. The number of aromatic nitrogens is 2. The van der Waals surface area contributed by atoms with Crippen LogP contribution in [0.5, 0.6) is 0 Å². The van der Waals surface area contributed by atoms with Crippen molar-refractivity contribution in [3.05, 3.63) is 54.6 Å². The van der Waals surface area contributed by atoms with E-state index in [1.165, 1.54) is 6.26 Å². The van der Waals surface area contributed by atoms with Crippen molar-refractivity contribution < 1.29 is 17.3 Å². The summed E-state index contributed by atoms with van der Waals surface area (Å²) >= 11 is 0. The number of sulfone groups is 1. The minimum Gasteiger partial charge on any atom is -0.464 e. The van der Waals surface area contributed by atoms with Crippen LogP contribution in [0.4, 0.5) is 0 Å². The molecule has 7 heteroatoms. The first-order valence-electron chi connectivity index (χ1n) is 7.54. The van der Waals surface area contributed by atoms with Crippen molar-refractivity contribution in [1.29, 1.82) is 0 Å². The molecule has 0 atom stereocenters. The van der Waals surface area contributed by atoms with Crippen molar-refractivity contribution in [2.45, 2.75) is 11.8 Å². The first-order valence-corrected chi connectivity index (χ1v) is 9.43. The zero-order valence-electron chi connectivity index (χ0n) is 13.6. The Labute approximate surface area is 144 Å². The Hall–Kier alpha value is -2.93. The predicted octanol–water partition coefficient (Wildman–Crippen LogP) is 3.86. The molecule has 0 spiro atoms.